The van der Waals surface area contributed by atoms with Crippen LogP contribution in [0.1, 0.15) is 41.3 Å². The molecule has 0 aliphatic rings. The highest BCUT2D eigenvalue weighted by molar-refractivity contribution is 6.30. The molecule has 0 unspecified atom stereocenters. The second-order valence-corrected chi connectivity index (χ2v) is 6.48. The van der Waals surface area contributed by atoms with Gasteiger partial charge in [0.15, 0.2) is 0 Å². The lowest BCUT2D eigenvalue weighted by Crippen LogP contribution is -2.35. The predicted molar refractivity (Wildman–Crippen MR) is 106 cm³/mol. The van der Waals surface area contributed by atoms with E-state index in [9.17, 15) is 9.59 Å². The molecule has 2 N–H and O–H groups in total. The summed E-state index contributed by atoms with van der Waals surface area (Å²) >= 11 is 5.90. The molecule has 0 heterocycles. The summed E-state index contributed by atoms with van der Waals surface area (Å²) in [5, 5.41) is 6.16. The van der Waals surface area contributed by atoms with E-state index in [2.05, 4.69) is 17.6 Å². The molecule has 0 fully saturated rings. The molecule has 0 saturated carbocycles. The monoisotopic (exact) mass is 370 g/mol. The van der Waals surface area contributed by atoms with Gasteiger partial charge in [0.2, 0.25) is 0 Å². The Morgan fingerprint density at radius 2 is 1.69 bits per heavy atom. The fraction of sp³-hybridized carbons (Fsp3) is 0.238. The van der Waals surface area contributed by atoms with Gasteiger partial charge in [0.25, 0.3) is 11.8 Å². The Balaban J connectivity index is 2.21. The number of amides is 2. The Kier molecular flexibility index (Phi) is 7.42. The van der Waals surface area contributed by atoms with Crippen molar-refractivity contribution in [2.24, 2.45) is 0 Å². The maximum Gasteiger partial charge on any atom is 0.267 e. The van der Waals surface area contributed by atoms with E-state index in [4.69, 9.17) is 11.6 Å². The Morgan fingerprint density at radius 1 is 1.04 bits per heavy atom. The van der Waals surface area contributed by atoms with E-state index in [0.717, 1.165) is 24.0 Å². The molecule has 2 aromatic rings. The third-order valence-corrected chi connectivity index (χ3v) is 4.06. The maximum absolute atomic E-state index is 12.5. The summed E-state index contributed by atoms with van der Waals surface area (Å²) in [5.74, 6) is -0.635. The minimum atomic E-state index is -0.323. The Morgan fingerprint density at radius 3 is 2.31 bits per heavy atom. The van der Waals surface area contributed by atoms with Crippen LogP contribution >= 0.6 is 11.6 Å². The van der Waals surface area contributed by atoms with Gasteiger partial charge < -0.3 is 10.6 Å². The zero-order valence-electron chi connectivity index (χ0n) is 15.0. The average Bonchev–Trinajstić information content (AvgIpc) is 2.63. The van der Waals surface area contributed by atoms with Crippen molar-refractivity contribution in [1.82, 2.24) is 10.6 Å². The van der Waals surface area contributed by atoms with Crippen molar-refractivity contribution < 1.29 is 9.59 Å². The molecule has 0 bridgehead atoms. The number of benzene rings is 2. The van der Waals surface area contributed by atoms with E-state index in [1.165, 1.54) is 0 Å². The highest BCUT2D eigenvalue weighted by atomic mass is 35.5. The predicted octanol–water partition coefficient (Wildman–Crippen LogP) is 4.34. The summed E-state index contributed by atoms with van der Waals surface area (Å²) in [6.45, 7) is 4.57. The molecule has 2 amide bonds. The van der Waals surface area contributed by atoms with E-state index < -0.39 is 0 Å². The summed E-state index contributed by atoms with van der Waals surface area (Å²) in [6.07, 6.45) is 3.50. The minimum absolute atomic E-state index is 0.203. The van der Waals surface area contributed by atoms with Crippen LogP contribution in [0.2, 0.25) is 5.02 Å². The molecule has 0 spiro atoms. The third-order valence-electron chi connectivity index (χ3n) is 3.80. The van der Waals surface area contributed by atoms with Crippen molar-refractivity contribution in [1.29, 1.82) is 0 Å². The molecule has 5 heteroatoms. The fourth-order valence-electron chi connectivity index (χ4n) is 2.26. The first-order valence-corrected chi connectivity index (χ1v) is 9.01. The number of rotatable bonds is 7. The lowest BCUT2D eigenvalue weighted by Gasteiger charge is -2.11. The van der Waals surface area contributed by atoms with Gasteiger partial charge in [0.1, 0.15) is 5.70 Å². The molecule has 2 aromatic carbocycles. The molecule has 136 valence electrons. The van der Waals surface area contributed by atoms with E-state index in [1.807, 2.05) is 19.1 Å². The van der Waals surface area contributed by atoms with Crippen LogP contribution in [0.15, 0.2) is 54.2 Å². The van der Waals surface area contributed by atoms with Crippen molar-refractivity contribution >= 4 is 29.5 Å². The van der Waals surface area contributed by atoms with Crippen molar-refractivity contribution in [2.75, 3.05) is 6.54 Å². The highest BCUT2D eigenvalue weighted by Crippen LogP contribution is 2.13. The first kappa shape index (κ1) is 19.7. The van der Waals surface area contributed by atoms with Gasteiger partial charge in [-0.1, -0.05) is 54.8 Å². The van der Waals surface area contributed by atoms with E-state index in [1.54, 1.807) is 42.5 Å². The molecule has 0 aliphatic carbocycles. The third kappa shape index (κ3) is 6.05. The molecule has 26 heavy (non-hydrogen) atoms. The quantitative estimate of drug-likeness (QED) is 0.562. The van der Waals surface area contributed by atoms with Gasteiger partial charge >= 0.3 is 0 Å². The van der Waals surface area contributed by atoms with Crippen LogP contribution in [0.25, 0.3) is 6.08 Å². The molecule has 0 aliphatic heterocycles. The van der Waals surface area contributed by atoms with Crippen LogP contribution in [0, 0.1) is 6.92 Å². The molecule has 0 saturated heterocycles. The van der Waals surface area contributed by atoms with Crippen LogP contribution in [0.4, 0.5) is 0 Å². The van der Waals surface area contributed by atoms with Gasteiger partial charge in [-0.3, -0.25) is 9.59 Å². The maximum atomic E-state index is 12.5. The van der Waals surface area contributed by atoms with E-state index >= 15 is 0 Å². The number of carbonyl (C=O) groups excluding carboxylic acids is 2. The molecule has 4 nitrogen and oxygen atoms in total. The lowest BCUT2D eigenvalue weighted by molar-refractivity contribution is -0.117. The zero-order valence-corrected chi connectivity index (χ0v) is 15.8. The molecular weight excluding hydrogens is 348 g/mol. The van der Waals surface area contributed by atoms with Gasteiger partial charge in [-0.25, -0.2) is 0 Å². The summed E-state index contributed by atoms with van der Waals surface area (Å²) in [6, 6.07) is 14.2. The number of halogens is 1. The smallest absolute Gasteiger partial charge is 0.267 e. The van der Waals surface area contributed by atoms with Crippen molar-refractivity contribution in [3.05, 3.63) is 75.9 Å². The standard InChI is InChI=1S/C21H23ClN2O2/c1-3-4-13-23-21(26)19(14-16-7-11-18(22)12-8-16)24-20(25)17-9-5-15(2)6-10-17/h5-12,14H,3-4,13H2,1-2H3,(H,23,26)(H,24,25)/b19-14-. The van der Waals surface area contributed by atoms with Crippen LogP contribution in [-0.4, -0.2) is 18.4 Å². The normalized spacial score (nSPS) is 11.1. The number of aryl methyl sites for hydroxylation is 1. The van der Waals surface area contributed by atoms with Gasteiger partial charge in [-0.05, 0) is 49.2 Å². The molecule has 0 radical (unpaired) electrons. The summed E-state index contributed by atoms with van der Waals surface area (Å²) in [5.41, 5.74) is 2.54. The van der Waals surface area contributed by atoms with E-state index in [0.29, 0.717) is 17.1 Å². The van der Waals surface area contributed by atoms with Crippen molar-refractivity contribution in [3.8, 4) is 0 Å². The van der Waals surface area contributed by atoms with Gasteiger partial charge in [-0.15, -0.1) is 0 Å². The van der Waals surface area contributed by atoms with Gasteiger partial charge in [0.05, 0.1) is 0 Å². The lowest BCUT2D eigenvalue weighted by atomic mass is 10.1. The molecule has 0 atom stereocenters. The molecule has 0 aromatic heterocycles. The average molecular weight is 371 g/mol. The van der Waals surface area contributed by atoms with Crippen LogP contribution in [0.5, 0.6) is 0 Å². The van der Waals surface area contributed by atoms with Crippen molar-refractivity contribution in [2.45, 2.75) is 26.7 Å². The highest BCUT2D eigenvalue weighted by Gasteiger charge is 2.14. The van der Waals surface area contributed by atoms with Gasteiger partial charge in [-0.2, -0.15) is 0 Å². The number of hydrogen-bond acceptors (Lipinski definition) is 2. The summed E-state index contributed by atoms with van der Waals surface area (Å²) in [4.78, 5) is 25.0. The molecule has 2 rings (SSSR count). The Hall–Kier alpha value is -2.59. The first-order chi connectivity index (χ1) is 12.5. The van der Waals surface area contributed by atoms with Gasteiger partial charge in [0, 0.05) is 17.1 Å². The number of hydrogen-bond donors (Lipinski definition) is 2. The van der Waals surface area contributed by atoms with E-state index in [-0.39, 0.29) is 17.5 Å². The van der Waals surface area contributed by atoms with Crippen LogP contribution < -0.4 is 10.6 Å². The number of carbonyl (C=O) groups is 2. The van der Waals surface area contributed by atoms with Crippen LogP contribution in [0.3, 0.4) is 0 Å². The second kappa shape index (κ2) is 9.78. The first-order valence-electron chi connectivity index (χ1n) is 8.63. The number of unbranched alkanes of at least 4 members (excludes halogenated alkanes) is 1. The fourth-order valence-corrected chi connectivity index (χ4v) is 2.38. The Labute approximate surface area is 159 Å². The SMILES string of the molecule is CCCCNC(=O)/C(=C/c1ccc(Cl)cc1)NC(=O)c1ccc(C)cc1. The largest absolute Gasteiger partial charge is 0.351 e. The Bertz CT molecular complexity index is 781. The topological polar surface area (TPSA) is 58.2 Å². The minimum Gasteiger partial charge on any atom is -0.351 e. The van der Waals surface area contributed by atoms with Crippen LogP contribution in [-0.2, 0) is 4.79 Å². The van der Waals surface area contributed by atoms with Crippen molar-refractivity contribution in [3.63, 3.8) is 0 Å². The molecular formula is C21H23ClN2O2. The zero-order chi connectivity index (χ0) is 18.9. The summed E-state index contributed by atoms with van der Waals surface area (Å²) < 4.78 is 0. The summed E-state index contributed by atoms with van der Waals surface area (Å²) in [7, 11) is 0. The number of nitrogens with one attached hydrogen (secondary N) is 2. The second-order valence-electron chi connectivity index (χ2n) is 6.04.